The third kappa shape index (κ3) is 2.85. The van der Waals surface area contributed by atoms with Crippen LogP contribution in [0.5, 0.6) is 5.75 Å². The zero-order valence-corrected chi connectivity index (χ0v) is 10.9. The Morgan fingerprint density at radius 2 is 2.06 bits per heavy atom. The number of hydrogen-bond donors (Lipinski definition) is 2. The van der Waals surface area contributed by atoms with Crippen LogP contribution < -0.4 is 15.8 Å². The van der Waals surface area contributed by atoms with Crippen LogP contribution in [0, 0.1) is 6.92 Å². The molecule has 0 spiro atoms. The van der Waals surface area contributed by atoms with Crippen LogP contribution in [-0.2, 0) is 0 Å². The molecule has 0 atom stereocenters. The van der Waals surface area contributed by atoms with E-state index in [0.717, 1.165) is 22.6 Å². The van der Waals surface area contributed by atoms with Crippen LogP contribution in [0.2, 0.25) is 0 Å². The molecule has 1 rings (SSSR count). The summed E-state index contributed by atoms with van der Waals surface area (Å²) in [6.07, 6.45) is 0. The molecular weight excluding hydrogens is 220 g/mol. The highest BCUT2D eigenvalue weighted by atomic mass is 32.1. The molecule has 0 heterocycles. The first-order chi connectivity index (χ1) is 7.45. The number of benzene rings is 1. The number of nitrogens with one attached hydrogen (secondary N) is 1. The summed E-state index contributed by atoms with van der Waals surface area (Å²) in [7, 11) is 1.68. The lowest BCUT2D eigenvalue weighted by Gasteiger charge is -2.16. The van der Waals surface area contributed by atoms with Crippen molar-refractivity contribution < 1.29 is 4.74 Å². The highest BCUT2D eigenvalue weighted by Crippen LogP contribution is 2.31. The number of thiocarbonyl (C=S) groups is 1. The van der Waals surface area contributed by atoms with Gasteiger partial charge in [-0.2, -0.15) is 0 Å². The third-order valence-electron chi connectivity index (χ3n) is 2.46. The zero-order chi connectivity index (χ0) is 12.3. The van der Waals surface area contributed by atoms with Crippen LogP contribution >= 0.6 is 12.2 Å². The number of anilines is 1. The first-order valence-corrected chi connectivity index (χ1v) is 5.61. The molecule has 0 aliphatic carbocycles. The SMILES string of the molecule is COc1cc(C)c(NC(N)=S)cc1C(C)C. The second-order valence-electron chi connectivity index (χ2n) is 4.05. The Morgan fingerprint density at radius 3 is 2.50 bits per heavy atom. The van der Waals surface area contributed by atoms with Crippen LogP contribution in [0.4, 0.5) is 5.69 Å². The normalized spacial score (nSPS) is 10.3. The zero-order valence-electron chi connectivity index (χ0n) is 10.1. The Labute approximate surface area is 102 Å². The van der Waals surface area contributed by atoms with Gasteiger partial charge < -0.3 is 15.8 Å². The lowest BCUT2D eigenvalue weighted by Crippen LogP contribution is -2.19. The first kappa shape index (κ1) is 12.8. The van der Waals surface area contributed by atoms with Crippen molar-refractivity contribution in [2.75, 3.05) is 12.4 Å². The Bertz CT molecular complexity index is 402. The van der Waals surface area contributed by atoms with E-state index >= 15 is 0 Å². The van der Waals surface area contributed by atoms with Gasteiger partial charge in [0.05, 0.1) is 7.11 Å². The molecule has 0 saturated heterocycles. The van der Waals surface area contributed by atoms with Crippen molar-refractivity contribution in [1.29, 1.82) is 0 Å². The monoisotopic (exact) mass is 238 g/mol. The van der Waals surface area contributed by atoms with Crippen molar-refractivity contribution in [1.82, 2.24) is 0 Å². The van der Waals surface area contributed by atoms with E-state index in [1.807, 2.05) is 19.1 Å². The Kier molecular flexibility index (Phi) is 4.12. The third-order valence-corrected chi connectivity index (χ3v) is 2.56. The molecular formula is C12H18N2OS. The van der Waals surface area contributed by atoms with E-state index in [4.69, 9.17) is 22.7 Å². The predicted molar refractivity (Wildman–Crippen MR) is 72.2 cm³/mol. The van der Waals surface area contributed by atoms with Crippen LogP contribution in [-0.4, -0.2) is 12.2 Å². The highest BCUT2D eigenvalue weighted by Gasteiger charge is 2.11. The fourth-order valence-electron chi connectivity index (χ4n) is 1.59. The Morgan fingerprint density at radius 1 is 1.44 bits per heavy atom. The Balaban J connectivity index is 3.21. The number of nitrogens with two attached hydrogens (primary N) is 1. The number of hydrogen-bond acceptors (Lipinski definition) is 2. The van der Waals surface area contributed by atoms with E-state index in [2.05, 4.69) is 19.2 Å². The molecule has 0 bridgehead atoms. The van der Waals surface area contributed by atoms with Gasteiger partial charge in [0.25, 0.3) is 0 Å². The molecule has 4 heteroatoms. The number of methoxy groups -OCH3 is 1. The van der Waals surface area contributed by atoms with Gasteiger partial charge in [0, 0.05) is 5.69 Å². The minimum atomic E-state index is 0.281. The molecule has 1 aromatic rings. The summed E-state index contributed by atoms with van der Waals surface area (Å²) >= 11 is 4.84. The molecule has 1 aromatic carbocycles. The number of rotatable bonds is 3. The number of aryl methyl sites for hydroxylation is 1. The van der Waals surface area contributed by atoms with Crippen LogP contribution in [0.25, 0.3) is 0 Å². The second-order valence-corrected chi connectivity index (χ2v) is 4.49. The smallest absolute Gasteiger partial charge is 0.168 e. The van der Waals surface area contributed by atoms with E-state index in [1.54, 1.807) is 7.11 Å². The maximum Gasteiger partial charge on any atom is 0.168 e. The van der Waals surface area contributed by atoms with Gasteiger partial charge in [-0.3, -0.25) is 0 Å². The Hall–Kier alpha value is -1.29. The van der Waals surface area contributed by atoms with Gasteiger partial charge in [-0.25, -0.2) is 0 Å². The molecule has 88 valence electrons. The fraction of sp³-hybridized carbons (Fsp3) is 0.417. The summed E-state index contributed by atoms with van der Waals surface area (Å²) in [6.45, 7) is 6.24. The molecule has 16 heavy (non-hydrogen) atoms. The summed E-state index contributed by atoms with van der Waals surface area (Å²) in [4.78, 5) is 0. The quantitative estimate of drug-likeness (QED) is 0.795. The first-order valence-electron chi connectivity index (χ1n) is 5.20. The van der Waals surface area contributed by atoms with Crippen molar-refractivity contribution in [2.45, 2.75) is 26.7 Å². The standard InChI is InChI=1S/C12H18N2OS/c1-7(2)9-6-10(14-12(13)16)8(3)5-11(9)15-4/h5-7H,1-4H3,(H3,13,14,16). The summed E-state index contributed by atoms with van der Waals surface area (Å²) in [5.41, 5.74) is 8.63. The average Bonchev–Trinajstić information content (AvgIpc) is 2.19. The molecule has 0 aliphatic rings. The van der Waals surface area contributed by atoms with Crippen molar-refractivity contribution >= 4 is 23.0 Å². The second kappa shape index (κ2) is 5.16. The molecule has 0 radical (unpaired) electrons. The molecule has 0 unspecified atom stereocenters. The average molecular weight is 238 g/mol. The van der Waals surface area contributed by atoms with Crippen molar-refractivity contribution in [3.05, 3.63) is 23.3 Å². The molecule has 0 aromatic heterocycles. The fourth-order valence-corrected chi connectivity index (χ4v) is 1.70. The number of ether oxygens (including phenoxy) is 1. The lowest BCUT2D eigenvalue weighted by atomic mass is 9.99. The maximum absolute atomic E-state index is 5.48. The molecule has 0 amide bonds. The summed E-state index contributed by atoms with van der Waals surface area (Å²) in [6, 6.07) is 4.04. The molecule has 3 nitrogen and oxygen atoms in total. The molecule has 3 N–H and O–H groups in total. The minimum absolute atomic E-state index is 0.281. The van der Waals surface area contributed by atoms with Crippen molar-refractivity contribution in [2.24, 2.45) is 5.73 Å². The van der Waals surface area contributed by atoms with Crippen LogP contribution in [0.15, 0.2) is 12.1 Å². The highest BCUT2D eigenvalue weighted by molar-refractivity contribution is 7.80. The van der Waals surface area contributed by atoms with Gasteiger partial charge >= 0.3 is 0 Å². The van der Waals surface area contributed by atoms with E-state index in [0.29, 0.717) is 5.92 Å². The van der Waals surface area contributed by atoms with E-state index in [9.17, 15) is 0 Å². The molecule has 0 aliphatic heterocycles. The summed E-state index contributed by atoms with van der Waals surface area (Å²) in [5, 5.41) is 3.25. The minimum Gasteiger partial charge on any atom is -0.496 e. The van der Waals surface area contributed by atoms with Crippen molar-refractivity contribution in [3.8, 4) is 5.75 Å². The van der Waals surface area contributed by atoms with Gasteiger partial charge in [-0.1, -0.05) is 13.8 Å². The van der Waals surface area contributed by atoms with E-state index < -0.39 is 0 Å². The van der Waals surface area contributed by atoms with Gasteiger partial charge in [0.2, 0.25) is 0 Å². The maximum atomic E-state index is 5.48. The van der Waals surface area contributed by atoms with Crippen LogP contribution in [0.3, 0.4) is 0 Å². The van der Waals surface area contributed by atoms with Gasteiger partial charge in [0.1, 0.15) is 5.75 Å². The van der Waals surface area contributed by atoms with E-state index in [-0.39, 0.29) is 5.11 Å². The van der Waals surface area contributed by atoms with Gasteiger partial charge in [-0.15, -0.1) is 0 Å². The summed E-state index contributed by atoms with van der Waals surface area (Å²) < 4.78 is 5.36. The largest absolute Gasteiger partial charge is 0.496 e. The lowest BCUT2D eigenvalue weighted by molar-refractivity contribution is 0.407. The topological polar surface area (TPSA) is 47.3 Å². The van der Waals surface area contributed by atoms with Gasteiger partial charge in [-0.05, 0) is 48.3 Å². The van der Waals surface area contributed by atoms with Gasteiger partial charge in [0.15, 0.2) is 5.11 Å². The predicted octanol–water partition coefficient (Wildman–Crippen LogP) is 2.78. The van der Waals surface area contributed by atoms with E-state index in [1.165, 1.54) is 0 Å². The van der Waals surface area contributed by atoms with Crippen LogP contribution in [0.1, 0.15) is 30.9 Å². The van der Waals surface area contributed by atoms with Crippen molar-refractivity contribution in [3.63, 3.8) is 0 Å². The molecule has 0 saturated carbocycles. The summed E-state index contributed by atoms with van der Waals surface area (Å²) in [5.74, 6) is 1.29. The molecule has 0 fully saturated rings.